The lowest BCUT2D eigenvalue weighted by atomic mass is 9.90. The van der Waals surface area contributed by atoms with Crippen molar-refractivity contribution in [2.24, 2.45) is 0 Å². The number of benzene rings is 2. The number of carbonyl (C=O) groups excluding carboxylic acids is 1. The molecule has 1 unspecified atom stereocenters. The van der Waals surface area contributed by atoms with Crippen LogP contribution >= 0.6 is 0 Å². The molecule has 6 heteroatoms. The Balaban J connectivity index is 1.62. The number of methoxy groups -OCH3 is 1. The van der Waals surface area contributed by atoms with Gasteiger partial charge in [0.15, 0.2) is 0 Å². The summed E-state index contributed by atoms with van der Waals surface area (Å²) in [5.74, 6) is 0.321. The van der Waals surface area contributed by atoms with Crippen molar-refractivity contribution in [3.63, 3.8) is 0 Å². The van der Waals surface area contributed by atoms with E-state index in [0.717, 1.165) is 27.7 Å². The monoisotopic (exact) mass is 414 g/mol. The van der Waals surface area contributed by atoms with Gasteiger partial charge in [0.05, 0.1) is 12.7 Å². The van der Waals surface area contributed by atoms with E-state index in [1.165, 1.54) is 6.20 Å². The molecular formula is C25H26N4O2. The van der Waals surface area contributed by atoms with E-state index in [9.17, 15) is 4.79 Å². The number of carbonyl (C=O) groups is 1. The molecular weight excluding hydrogens is 388 g/mol. The van der Waals surface area contributed by atoms with Crippen molar-refractivity contribution < 1.29 is 9.53 Å². The molecule has 0 aliphatic carbocycles. The molecule has 2 heterocycles. The van der Waals surface area contributed by atoms with Crippen LogP contribution < -0.4 is 15.0 Å². The van der Waals surface area contributed by atoms with Crippen LogP contribution in [0.4, 0.5) is 5.69 Å². The summed E-state index contributed by atoms with van der Waals surface area (Å²) in [4.78, 5) is 22.3. The third kappa shape index (κ3) is 4.38. The van der Waals surface area contributed by atoms with Crippen LogP contribution in [0.3, 0.4) is 0 Å². The third-order valence-electron chi connectivity index (χ3n) is 5.48. The van der Waals surface area contributed by atoms with Gasteiger partial charge in [-0.3, -0.25) is 4.79 Å². The number of aromatic amines is 1. The highest BCUT2D eigenvalue weighted by atomic mass is 16.5. The predicted octanol–water partition coefficient (Wildman–Crippen LogP) is 4.20. The Kier molecular flexibility index (Phi) is 5.89. The molecule has 0 bridgehead atoms. The lowest BCUT2D eigenvalue weighted by Crippen LogP contribution is -2.29. The van der Waals surface area contributed by atoms with Gasteiger partial charge in [-0.1, -0.05) is 30.3 Å². The van der Waals surface area contributed by atoms with Gasteiger partial charge in [0, 0.05) is 61.6 Å². The SMILES string of the molecule is COc1ccc(C(=O)NCC(c2ccc(N(C)C)cc2)c2c[nH]c3ccccc23)cn1. The topological polar surface area (TPSA) is 70.2 Å². The number of H-pyrrole nitrogens is 1. The van der Waals surface area contributed by atoms with Crippen molar-refractivity contribution in [2.75, 3.05) is 32.6 Å². The van der Waals surface area contributed by atoms with Crippen LogP contribution in [0.5, 0.6) is 5.88 Å². The number of rotatable bonds is 7. The van der Waals surface area contributed by atoms with E-state index in [0.29, 0.717) is 18.0 Å². The average molecular weight is 415 g/mol. The largest absolute Gasteiger partial charge is 0.481 e. The standard InChI is InChI=1S/C25H26N4O2/c1-29(2)19-11-8-17(9-12-19)21(22-16-26-23-7-5-4-6-20(22)23)15-28-25(30)18-10-13-24(31-3)27-14-18/h4-14,16,21,26H,15H2,1-3H3,(H,28,30). The van der Waals surface area contributed by atoms with Crippen molar-refractivity contribution in [1.29, 1.82) is 0 Å². The van der Waals surface area contributed by atoms with Gasteiger partial charge in [0.2, 0.25) is 5.88 Å². The number of hydrogen-bond acceptors (Lipinski definition) is 4. The van der Waals surface area contributed by atoms with Gasteiger partial charge in [0.1, 0.15) is 0 Å². The van der Waals surface area contributed by atoms with Crippen LogP contribution in [0.15, 0.2) is 73.1 Å². The first kappa shape index (κ1) is 20.5. The molecule has 0 saturated carbocycles. The van der Waals surface area contributed by atoms with Gasteiger partial charge in [-0.15, -0.1) is 0 Å². The summed E-state index contributed by atoms with van der Waals surface area (Å²) in [5.41, 5.74) is 5.01. The molecule has 2 N–H and O–H groups in total. The number of pyridine rings is 1. The second-order valence-corrected chi connectivity index (χ2v) is 7.63. The van der Waals surface area contributed by atoms with Crippen molar-refractivity contribution in [3.05, 3.63) is 89.7 Å². The van der Waals surface area contributed by atoms with E-state index in [-0.39, 0.29) is 11.8 Å². The highest BCUT2D eigenvalue weighted by molar-refractivity contribution is 5.94. The Morgan fingerprint density at radius 3 is 2.55 bits per heavy atom. The zero-order valence-electron chi connectivity index (χ0n) is 17.9. The van der Waals surface area contributed by atoms with Crippen LogP contribution in [0.1, 0.15) is 27.4 Å². The Morgan fingerprint density at radius 2 is 1.87 bits per heavy atom. The molecule has 2 aromatic heterocycles. The first-order valence-corrected chi connectivity index (χ1v) is 10.2. The van der Waals surface area contributed by atoms with Gasteiger partial charge in [-0.05, 0) is 35.4 Å². The first-order valence-electron chi connectivity index (χ1n) is 10.2. The Morgan fingerprint density at radius 1 is 1.10 bits per heavy atom. The molecule has 0 spiro atoms. The zero-order chi connectivity index (χ0) is 21.8. The number of anilines is 1. The lowest BCUT2D eigenvalue weighted by molar-refractivity contribution is 0.0952. The summed E-state index contributed by atoms with van der Waals surface area (Å²) in [6, 6.07) is 20.1. The van der Waals surface area contributed by atoms with E-state index in [1.54, 1.807) is 19.2 Å². The number of ether oxygens (including phenoxy) is 1. The quantitative estimate of drug-likeness (QED) is 0.476. The average Bonchev–Trinajstić information content (AvgIpc) is 3.23. The number of fused-ring (bicyclic) bond motifs is 1. The molecule has 1 atom stereocenters. The van der Waals surface area contributed by atoms with E-state index in [1.807, 2.05) is 32.4 Å². The summed E-state index contributed by atoms with van der Waals surface area (Å²) >= 11 is 0. The molecule has 158 valence electrons. The Labute approximate surface area is 181 Å². The molecule has 0 radical (unpaired) electrons. The molecule has 4 aromatic rings. The number of nitrogens with one attached hydrogen (secondary N) is 2. The highest BCUT2D eigenvalue weighted by Crippen LogP contribution is 2.31. The summed E-state index contributed by atoms with van der Waals surface area (Å²) in [6.45, 7) is 0.466. The second-order valence-electron chi connectivity index (χ2n) is 7.63. The number of hydrogen-bond donors (Lipinski definition) is 2. The van der Waals surface area contributed by atoms with Gasteiger partial charge in [-0.2, -0.15) is 0 Å². The molecule has 0 aliphatic heterocycles. The smallest absolute Gasteiger partial charge is 0.252 e. The number of para-hydroxylation sites is 1. The molecule has 2 aromatic carbocycles. The minimum Gasteiger partial charge on any atom is -0.481 e. The summed E-state index contributed by atoms with van der Waals surface area (Å²) in [6.07, 6.45) is 3.57. The summed E-state index contributed by atoms with van der Waals surface area (Å²) in [5, 5.41) is 4.24. The lowest BCUT2D eigenvalue weighted by Gasteiger charge is -2.20. The van der Waals surface area contributed by atoms with E-state index in [4.69, 9.17) is 4.74 Å². The Bertz CT molecular complexity index is 1160. The molecule has 31 heavy (non-hydrogen) atoms. The zero-order valence-corrected chi connectivity index (χ0v) is 17.9. The van der Waals surface area contributed by atoms with Crippen molar-refractivity contribution in [1.82, 2.24) is 15.3 Å². The fraction of sp³-hybridized carbons (Fsp3) is 0.200. The van der Waals surface area contributed by atoms with Gasteiger partial charge >= 0.3 is 0 Å². The van der Waals surface area contributed by atoms with Crippen molar-refractivity contribution in [2.45, 2.75) is 5.92 Å². The van der Waals surface area contributed by atoms with E-state index >= 15 is 0 Å². The fourth-order valence-electron chi connectivity index (χ4n) is 3.73. The van der Waals surface area contributed by atoms with Crippen molar-refractivity contribution in [3.8, 4) is 5.88 Å². The predicted molar refractivity (Wildman–Crippen MR) is 124 cm³/mol. The normalized spacial score (nSPS) is 11.8. The molecule has 4 rings (SSSR count). The Hall–Kier alpha value is -3.80. The third-order valence-corrected chi connectivity index (χ3v) is 5.48. The second kappa shape index (κ2) is 8.92. The van der Waals surface area contributed by atoms with Crippen LogP contribution in [-0.2, 0) is 0 Å². The minimum absolute atomic E-state index is 0.00233. The maximum atomic E-state index is 12.8. The minimum atomic E-state index is -0.162. The summed E-state index contributed by atoms with van der Waals surface area (Å²) < 4.78 is 5.07. The maximum Gasteiger partial charge on any atom is 0.252 e. The molecule has 0 aliphatic rings. The van der Waals surface area contributed by atoms with Crippen LogP contribution in [0, 0.1) is 0 Å². The van der Waals surface area contributed by atoms with E-state index in [2.05, 4.69) is 56.6 Å². The number of aromatic nitrogens is 2. The van der Waals surface area contributed by atoms with E-state index < -0.39 is 0 Å². The first-order chi connectivity index (χ1) is 15.1. The molecule has 6 nitrogen and oxygen atoms in total. The highest BCUT2D eigenvalue weighted by Gasteiger charge is 2.20. The molecule has 1 amide bonds. The van der Waals surface area contributed by atoms with Crippen LogP contribution in [0.25, 0.3) is 10.9 Å². The van der Waals surface area contributed by atoms with Crippen LogP contribution in [-0.4, -0.2) is 43.6 Å². The number of nitrogens with zero attached hydrogens (tertiary/aromatic N) is 2. The van der Waals surface area contributed by atoms with Gasteiger partial charge in [0.25, 0.3) is 5.91 Å². The fourth-order valence-corrected chi connectivity index (χ4v) is 3.73. The molecule has 0 saturated heterocycles. The number of amides is 1. The maximum absolute atomic E-state index is 12.8. The van der Waals surface area contributed by atoms with Gasteiger partial charge < -0.3 is 19.9 Å². The van der Waals surface area contributed by atoms with Gasteiger partial charge in [-0.25, -0.2) is 4.98 Å². The van der Waals surface area contributed by atoms with Crippen LogP contribution in [0.2, 0.25) is 0 Å². The summed E-state index contributed by atoms with van der Waals surface area (Å²) in [7, 11) is 5.60. The molecule has 0 fully saturated rings. The van der Waals surface area contributed by atoms with Crippen molar-refractivity contribution >= 4 is 22.5 Å².